The number of nitrogens with one attached hydrogen (secondary N) is 4. The molecule has 0 aliphatic carbocycles. The van der Waals surface area contributed by atoms with E-state index in [-0.39, 0.29) is 62.0 Å². The van der Waals surface area contributed by atoms with E-state index in [1.807, 2.05) is 125 Å². The first-order chi connectivity index (χ1) is 18.1. The third-order valence-electron chi connectivity index (χ3n) is 3.93. The third-order valence-corrected chi connectivity index (χ3v) is 3.93. The second kappa shape index (κ2) is 17.0. The molecule has 0 saturated heterocycles. The van der Waals surface area contributed by atoms with E-state index in [4.69, 9.17) is 4.74 Å². The van der Waals surface area contributed by atoms with Crippen molar-refractivity contribution in [1.82, 2.24) is 21.3 Å². The van der Waals surface area contributed by atoms with E-state index in [0.29, 0.717) is 0 Å². The lowest BCUT2D eigenvalue weighted by Gasteiger charge is -2.30. The molecule has 0 saturated carbocycles. The van der Waals surface area contributed by atoms with Gasteiger partial charge in [-0.25, -0.2) is 4.79 Å². The topological polar surface area (TPSA) is 109 Å². The van der Waals surface area contributed by atoms with Crippen molar-refractivity contribution in [3.63, 3.8) is 0 Å². The molecule has 4 amide bonds. The summed E-state index contributed by atoms with van der Waals surface area (Å²) in [5, 5.41) is 11.5. The second-order valence-electron chi connectivity index (χ2n) is 19.3. The minimum atomic E-state index is -0.284. The monoisotopic (exact) mass is 617 g/mol. The normalized spacial score (nSPS) is 13.0. The van der Waals surface area contributed by atoms with Crippen molar-refractivity contribution >= 4 is 17.8 Å². The van der Waals surface area contributed by atoms with E-state index in [1.54, 1.807) is 0 Å². The highest BCUT2D eigenvalue weighted by Gasteiger charge is 2.26. The molecule has 0 aromatic carbocycles. The zero-order chi connectivity index (χ0) is 36.3. The van der Waals surface area contributed by atoms with E-state index in [1.165, 1.54) is 0 Å². The van der Waals surface area contributed by atoms with Crippen molar-refractivity contribution in [2.75, 3.05) is 0 Å². The molecule has 0 aromatic rings. The van der Waals surface area contributed by atoms with Crippen LogP contribution in [0, 0.1) is 10.8 Å². The molecule has 0 unspecified atom stereocenters. The summed E-state index contributed by atoms with van der Waals surface area (Å²) < 4.78 is 5.62. The number of ether oxygens (including phenoxy) is 1. The number of hydrogen-bond acceptors (Lipinski definition) is 4. The molecule has 0 aliphatic heterocycles. The van der Waals surface area contributed by atoms with Gasteiger partial charge in [0.15, 0.2) is 0 Å². The average Bonchev–Trinajstić information content (AvgIpc) is 2.51. The molecule has 0 rings (SSSR count). The standard InChI is InChI=1S/C9H20N2O.2C9H19NO.C8H18O/c1-8(2,3)10-7(12)11-9(4,5)6;2*1-8(2,3)7(11)10-9(4,5)6;1-7(2,3)9-8(4,5)6/h1-6H3,(H2,10,11,12);2*1-6H3,(H,10,11);1-6H3. The van der Waals surface area contributed by atoms with Crippen molar-refractivity contribution in [3.05, 3.63) is 0 Å². The Labute approximate surface area is 268 Å². The van der Waals surface area contributed by atoms with Crippen LogP contribution in [0.3, 0.4) is 0 Å². The Morgan fingerprint density at radius 1 is 0.349 bits per heavy atom. The van der Waals surface area contributed by atoms with Crippen LogP contribution in [-0.4, -0.2) is 51.2 Å². The molecule has 0 radical (unpaired) electrons. The molecule has 260 valence electrons. The zero-order valence-electron chi connectivity index (χ0n) is 33.1. The number of amides is 4. The Bertz CT molecular complexity index is 755. The van der Waals surface area contributed by atoms with Gasteiger partial charge in [-0.3, -0.25) is 9.59 Å². The number of hydrogen-bond donors (Lipinski definition) is 4. The molecule has 8 nitrogen and oxygen atoms in total. The molecule has 0 aliphatic rings. The highest BCUT2D eigenvalue weighted by atomic mass is 16.5. The highest BCUT2D eigenvalue weighted by molar-refractivity contribution is 5.82. The van der Waals surface area contributed by atoms with Gasteiger partial charge in [0.25, 0.3) is 0 Å². The van der Waals surface area contributed by atoms with Crippen molar-refractivity contribution in [2.45, 2.75) is 200 Å². The largest absolute Gasteiger partial charge is 0.370 e. The lowest BCUT2D eigenvalue weighted by molar-refractivity contribution is -0.130. The Kier molecular flexibility index (Phi) is 19.0. The van der Waals surface area contributed by atoms with Gasteiger partial charge >= 0.3 is 6.03 Å². The van der Waals surface area contributed by atoms with Gasteiger partial charge in [0.05, 0.1) is 11.2 Å². The van der Waals surface area contributed by atoms with Crippen LogP contribution in [-0.2, 0) is 14.3 Å². The molecular weight excluding hydrogens is 540 g/mol. The summed E-state index contributed by atoms with van der Waals surface area (Å²) >= 11 is 0. The summed E-state index contributed by atoms with van der Waals surface area (Å²) in [5.74, 6) is 0.204. The molecule has 0 aromatic heterocycles. The van der Waals surface area contributed by atoms with Crippen molar-refractivity contribution in [2.24, 2.45) is 10.8 Å². The van der Waals surface area contributed by atoms with E-state index < -0.39 is 0 Å². The summed E-state index contributed by atoms with van der Waals surface area (Å²) in [7, 11) is 0. The van der Waals surface area contributed by atoms with Crippen LogP contribution in [0.15, 0.2) is 0 Å². The van der Waals surface area contributed by atoms with Gasteiger partial charge in [0.2, 0.25) is 11.8 Å². The third kappa shape index (κ3) is 44.7. The van der Waals surface area contributed by atoms with E-state index >= 15 is 0 Å². The summed E-state index contributed by atoms with van der Waals surface area (Å²) in [6, 6.07) is -0.116. The molecule has 0 bridgehead atoms. The lowest BCUT2D eigenvalue weighted by atomic mass is 9.94. The molecule has 0 fully saturated rings. The maximum Gasteiger partial charge on any atom is 0.315 e. The van der Waals surface area contributed by atoms with E-state index in [2.05, 4.69) is 62.8 Å². The quantitative estimate of drug-likeness (QED) is 0.219. The summed E-state index contributed by atoms with van der Waals surface area (Å²) in [4.78, 5) is 34.0. The van der Waals surface area contributed by atoms with Crippen LogP contribution in [0.2, 0.25) is 0 Å². The average molecular weight is 617 g/mol. The van der Waals surface area contributed by atoms with Gasteiger partial charge in [0, 0.05) is 33.0 Å². The number of rotatable bonds is 0. The first-order valence-electron chi connectivity index (χ1n) is 15.5. The fourth-order valence-corrected chi connectivity index (χ4v) is 2.69. The molecule has 8 heteroatoms. The second-order valence-corrected chi connectivity index (χ2v) is 19.3. The zero-order valence-corrected chi connectivity index (χ0v) is 33.1. The van der Waals surface area contributed by atoms with E-state index in [9.17, 15) is 14.4 Å². The first-order valence-corrected chi connectivity index (χ1v) is 15.5. The van der Waals surface area contributed by atoms with Gasteiger partial charge < -0.3 is 26.0 Å². The predicted molar refractivity (Wildman–Crippen MR) is 186 cm³/mol. The molecule has 4 N–H and O–H groups in total. The number of carbonyl (C=O) groups is 3. The van der Waals surface area contributed by atoms with Gasteiger partial charge in [-0.05, 0) is 125 Å². The molecule has 0 heterocycles. The van der Waals surface area contributed by atoms with Gasteiger partial charge in [-0.1, -0.05) is 41.5 Å². The van der Waals surface area contributed by atoms with Crippen LogP contribution in [0.4, 0.5) is 4.79 Å². The number of carbonyl (C=O) groups excluding carboxylic acids is 3. The van der Waals surface area contributed by atoms with Crippen LogP contribution in [0.1, 0.15) is 166 Å². The maximum atomic E-state index is 11.4. The number of urea groups is 1. The summed E-state index contributed by atoms with van der Waals surface area (Å²) in [6.07, 6.45) is 0. The Morgan fingerprint density at radius 2 is 0.535 bits per heavy atom. The van der Waals surface area contributed by atoms with Gasteiger partial charge in [0.1, 0.15) is 0 Å². The van der Waals surface area contributed by atoms with E-state index in [0.717, 1.165) is 0 Å². The van der Waals surface area contributed by atoms with Crippen LogP contribution < -0.4 is 21.3 Å². The molecule has 43 heavy (non-hydrogen) atoms. The summed E-state index contributed by atoms with van der Waals surface area (Å²) in [6.45, 7) is 47.5. The summed E-state index contributed by atoms with van der Waals surface area (Å²) in [5.41, 5.74) is -1.18. The van der Waals surface area contributed by atoms with Crippen LogP contribution in [0.5, 0.6) is 0 Å². The van der Waals surface area contributed by atoms with Gasteiger partial charge in [-0.2, -0.15) is 0 Å². The smallest absolute Gasteiger partial charge is 0.315 e. The SMILES string of the molecule is CC(C)(C)NC(=O)C(C)(C)C.CC(C)(C)NC(=O)C(C)(C)C.CC(C)(C)NC(=O)NC(C)(C)C.CC(C)(C)OC(C)(C)C. The molecule has 0 atom stereocenters. The van der Waals surface area contributed by atoms with Crippen molar-refractivity contribution in [1.29, 1.82) is 0 Å². The van der Waals surface area contributed by atoms with Crippen molar-refractivity contribution < 1.29 is 19.1 Å². The van der Waals surface area contributed by atoms with Crippen LogP contribution >= 0.6 is 0 Å². The molecule has 0 spiro atoms. The maximum absolute atomic E-state index is 11.4. The molecular formula is C35H76N4O4. The first kappa shape index (κ1) is 48.1. The van der Waals surface area contributed by atoms with Crippen molar-refractivity contribution in [3.8, 4) is 0 Å². The predicted octanol–water partition coefficient (Wildman–Crippen LogP) is 8.38. The Morgan fingerprint density at radius 3 is 0.605 bits per heavy atom. The Balaban J connectivity index is -0.000000237. The van der Waals surface area contributed by atoms with Crippen LogP contribution in [0.25, 0.3) is 0 Å². The lowest BCUT2D eigenvalue weighted by Crippen LogP contribution is -2.52. The fourth-order valence-electron chi connectivity index (χ4n) is 2.69. The minimum absolute atomic E-state index is 0.0156. The minimum Gasteiger partial charge on any atom is -0.370 e. The highest BCUT2D eigenvalue weighted by Crippen LogP contribution is 2.18. The van der Waals surface area contributed by atoms with Gasteiger partial charge in [-0.15, -0.1) is 0 Å². The fraction of sp³-hybridized carbons (Fsp3) is 0.914. The Hall–Kier alpha value is -1.83.